The number of benzene rings is 2. The largest absolute Gasteiger partial charge is 0.507 e. The van der Waals surface area contributed by atoms with E-state index >= 15 is 0 Å². The zero-order valence-electron chi connectivity index (χ0n) is 20.7. The molecule has 0 bridgehead atoms. The molecule has 1 unspecified atom stereocenters. The van der Waals surface area contributed by atoms with Crippen LogP contribution in [0.3, 0.4) is 0 Å². The lowest BCUT2D eigenvalue weighted by Gasteiger charge is -2.26. The Labute approximate surface area is 200 Å². The monoisotopic (exact) mass is 467 g/mol. The molecule has 1 aliphatic rings. The summed E-state index contributed by atoms with van der Waals surface area (Å²) in [5.41, 5.74) is 1.86. The van der Waals surface area contributed by atoms with Crippen LogP contribution in [0.1, 0.15) is 49.9 Å². The molecule has 0 aromatic heterocycles. The fourth-order valence-electron chi connectivity index (χ4n) is 4.22. The van der Waals surface area contributed by atoms with Gasteiger partial charge in [0.05, 0.1) is 25.8 Å². The van der Waals surface area contributed by atoms with Crippen LogP contribution in [0.15, 0.2) is 48.0 Å². The van der Waals surface area contributed by atoms with Crippen molar-refractivity contribution in [1.29, 1.82) is 0 Å². The highest BCUT2D eigenvalue weighted by molar-refractivity contribution is 6.46. The second kappa shape index (κ2) is 10.3. The SMILES string of the molecule is COCCCN1C(=O)C(=O)/C(=C(\O)c2ccc(OC)c(C(C)(C)C)c2)C1c1ccc(OC)cc1. The molecule has 34 heavy (non-hydrogen) atoms. The predicted molar refractivity (Wildman–Crippen MR) is 130 cm³/mol. The van der Waals surface area contributed by atoms with Gasteiger partial charge in [-0.1, -0.05) is 32.9 Å². The number of amides is 1. The van der Waals surface area contributed by atoms with Crippen molar-refractivity contribution < 1.29 is 28.9 Å². The predicted octanol–water partition coefficient (Wildman–Crippen LogP) is 4.46. The van der Waals surface area contributed by atoms with Gasteiger partial charge in [-0.15, -0.1) is 0 Å². The van der Waals surface area contributed by atoms with Gasteiger partial charge < -0.3 is 24.2 Å². The molecule has 7 nitrogen and oxygen atoms in total. The normalized spacial score (nSPS) is 17.8. The Balaban J connectivity index is 2.17. The fourth-order valence-corrected chi connectivity index (χ4v) is 4.22. The quantitative estimate of drug-likeness (QED) is 0.267. The number of carbonyl (C=O) groups excluding carboxylic acids is 2. The van der Waals surface area contributed by atoms with Crippen molar-refractivity contribution in [2.75, 3.05) is 34.5 Å². The number of rotatable bonds is 8. The standard InChI is InChI=1S/C27H33NO6/c1-27(2,3)20-16-18(10-13-21(20)34-6)24(29)22-23(17-8-11-19(33-5)12-9-17)28(14-7-15-32-4)26(31)25(22)30/h8-13,16,23,29H,7,14-15H2,1-6H3/b24-22-. The van der Waals surface area contributed by atoms with E-state index in [1.54, 1.807) is 57.7 Å². The second-order valence-corrected chi connectivity index (χ2v) is 9.28. The molecule has 1 fully saturated rings. The van der Waals surface area contributed by atoms with Gasteiger partial charge in [0.15, 0.2) is 0 Å². The Morgan fingerprint density at radius 3 is 2.24 bits per heavy atom. The lowest BCUT2D eigenvalue weighted by Crippen LogP contribution is -2.31. The van der Waals surface area contributed by atoms with E-state index in [0.29, 0.717) is 42.2 Å². The molecule has 0 saturated carbocycles. The molecule has 2 aromatic carbocycles. The maximum absolute atomic E-state index is 13.2. The molecule has 1 aliphatic heterocycles. The van der Waals surface area contributed by atoms with Crippen LogP contribution in [0, 0.1) is 0 Å². The molecule has 0 spiro atoms. The first-order valence-electron chi connectivity index (χ1n) is 11.2. The minimum Gasteiger partial charge on any atom is -0.507 e. The number of Topliss-reactive ketones (excluding diaryl/α,β-unsaturated/α-hetero) is 1. The molecular formula is C27H33NO6. The molecule has 1 saturated heterocycles. The molecule has 0 radical (unpaired) electrons. The zero-order valence-corrected chi connectivity index (χ0v) is 20.7. The molecule has 3 rings (SSSR count). The molecular weight excluding hydrogens is 434 g/mol. The summed E-state index contributed by atoms with van der Waals surface area (Å²) in [7, 11) is 4.76. The number of carbonyl (C=O) groups is 2. The summed E-state index contributed by atoms with van der Waals surface area (Å²) in [5.74, 6) is -0.200. The number of nitrogens with zero attached hydrogens (tertiary/aromatic N) is 1. The molecule has 1 amide bonds. The van der Waals surface area contributed by atoms with Gasteiger partial charge >= 0.3 is 0 Å². The molecule has 182 valence electrons. The Hall–Kier alpha value is -3.32. The number of hydrogen-bond acceptors (Lipinski definition) is 6. The topological polar surface area (TPSA) is 85.3 Å². The summed E-state index contributed by atoms with van der Waals surface area (Å²) in [4.78, 5) is 27.7. The third kappa shape index (κ3) is 4.94. The van der Waals surface area contributed by atoms with Crippen molar-refractivity contribution in [3.63, 3.8) is 0 Å². The van der Waals surface area contributed by atoms with Gasteiger partial charge in [-0.2, -0.15) is 0 Å². The molecule has 0 aliphatic carbocycles. The van der Waals surface area contributed by atoms with E-state index in [1.165, 1.54) is 4.90 Å². The smallest absolute Gasteiger partial charge is 0.295 e. The highest BCUT2D eigenvalue weighted by Gasteiger charge is 2.45. The number of aliphatic hydroxyl groups excluding tert-OH is 1. The van der Waals surface area contributed by atoms with Crippen LogP contribution in [0.2, 0.25) is 0 Å². The van der Waals surface area contributed by atoms with E-state index in [1.807, 2.05) is 26.8 Å². The Morgan fingerprint density at radius 1 is 1.00 bits per heavy atom. The van der Waals surface area contributed by atoms with Crippen molar-refractivity contribution >= 4 is 17.4 Å². The number of likely N-dealkylation sites (tertiary alicyclic amines) is 1. The fraction of sp³-hybridized carbons (Fsp3) is 0.407. The van der Waals surface area contributed by atoms with Gasteiger partial charge in [0.2, 0.25) is 0 Å². The lowest BCUT2D eigenvalue weighted by molar-refractivity contribution is -0.140. The van der Waals surface area contributed by atoms with E-state index in [4.69, 9.17) is 14.2 Å². The van der Waals surface area contributed by atoms with E-state index in [9.17, 15) is 14.7 Å². The number of methoxy groups -OCH3 is 3. The van der Waals surface area contributed by atoms with E-state index in [2.05, 4.69) is 0 Å². The van der Waals surface area contributed by atoms with Crippen LogP contribution in [0.4, 0.5) is 0 Å². The highest BCUT2D eigenvalue weighted by atomic mass is 16.5. The summed E-state index contributed by atoms with van der Waals surface area (Å²) in [6, 6.07) is 11.7. The van der Waals surface area contributed by atoms with E-state index in [0.717, 1.165) is 5.56 Å². The maximum Gasteiger partial charge on any atom is 0.295 e. The van der Waals surface area contributed by atoms with Gasteiger partial charge in [0, 0.05) is 31.4 Å². The first kappa shape index (κ1) is 25.3. The number of ketones is 1. The second-order valence-electron chi connectivity index (χ2n) is 9.28. The third-order valence-corrected chi connectivity index (χ3v) is 6.00. The minimum atomic E-state index is -0.719. The molecule has 7 heteroatoms. The zero-order chi connectivity index (χ0) is 25.0. The molecule has 1 atom stereocenters. The van der Waals surface area contributed by atoms with Crippen LogP contribution >= 0.6 is 0 Å². The lowest BCUT2D eigenvalue weighted by atomic mass is 9.84. The maximum atomic E-state index is 13.2. The van der Waals surface area contributed by atoms with Gasteiger partial charge in [-0.05, 0) is 47.7 Å². The van der Waals surface area contributed by atoms with Crippen molar-refractivity contribution in [2.24, 2.45) is 0 Å². The number of hydrogen-bond donors (Lipinski definition) is 1. The Kier molecular flexibility index (Phi) is 7.67. The summed E-state index contributed by atoms with van der Waals surface area (Å²) in [6.07, 6.45) is 0.562. The molecule has 1 N–H and O–H groups in total. The van der Waals surface area contributed by atoms with Crippen LogP contribution in [-0.2, 0) is 19.7 Å². The number of ether oxygens (including phenoxy) is 3. The van der Waals surface area contributed by atoms with Crippen LogP contribution < -0.4 is 9.47 Å². The minimum absolute atomic E-state index is 0.0672. The average molecular weight is 468 g/mol. The Morgan fingerprint density at radius 2 is 1.68 bits per heavy atom. The van der Waals surface area contributed by atoms with E-state index in [-0.39, 0.29) is 16.7 Å². The average Bonchev–Trinajstić information content (AvgIpc) is 3.07. The van der Waals surface area contributed by atoms with E-state index < -0.39 is 17.7 Å². The van der Waals surface area contributed by atoms with Crippen molar-refractivity contribution in [1.82, 2.24) is 4.90 Å². The van der Waals surface area contributed by atoms with Crippen LogP contribution in [0.25, 0.3) is 5.76 Å². The van der Waals surface area contributed by atoms with Crippen molar-refractivity contribution in [3.8, 4) is 11.5 Å². The van der Waals surface area contributed by atoms with Crippen LogP contribution in [0.5, 0.6) is 11.5 Å². The summed E-state index contributed by atoms with van der Waals surface area (Å²) in [6.45, 7) is 6.90. The first-order chi connectivity index (χ1) is 16.1. The molecule has 2 aromatic rings. The summed E-state index contributed by atoms with van der Waals surface area (Å²) < 4.78 is 15.9. The van der Waals surface area contributed by atoms with Gasteiger partial charge in [-0.25, -0.2) is 0 Å². The van der Waals surface area contributed by atoms with Crippen LogP contribution in [-0.4, -0.2) is 56.2 Å². The van der Waals surface area contributed by atoms with Crippen molar-refractivity contribution in [3.05, 3.63) is 64.7 Å². The highest BCUT2D eigenvalue weighted by Crippen LogP contribution is 2.41. The van der Waals surface area contributed by atoms with Gasteiger partial charge in [-0.3, -0.25) is 9.59 Å². The summed E-state index contributed by atoms with van der Waals surface area (Å²) in [5, 5.41) is 11.4. The Bertz CT molecular complexity index is 1080. The molecule has 1 heterocycles. The van der Waals surface area contributed by atoms with Gasteiger partial charge in [0.25, 0.3) is 11.7 Å². The summed E-state index contributed by atoms with van der Waals surface area (Å²) >= 11 is 0. The third-order valence-electron chi connectivity index (χ3n) is 6.00. The first-order valence-corrected chi connectivity index (χ1v) is 11.2. The van der Waals surface area contributed by atoms with Crippen molar-refractivity contribution in [2.45, 2.75) is 38.6 Å². The number of aliphatic hydroxyl groups is 1. The van der Waals surface area contributed by atoms with Gasteiger partial charge in [0.1, 0.15) is 17.3 Å².